The van der Waals surface area contributed by atoms with E-state index in [1.807, 2.05) is 17.7 Å². The molecule has 4 aliphatic carbocycles. The first-order valence-electron chi connectivity index (χ1n) is 9.88. The monoisotopic (exact) mass is 454 g/mol. The van der Waals surface area contributed by atoms with E-state index in [1.54, 1.807) is 11.1 Å². The average molecular weight is 457 g/mol. The Morgan fingerprint density at radius 2 is 1.04 bits per heavy atom. The summed E-state index contributed by atoms with van der Waals surface area (Å²) in [7, 11) is 0. The molecule has 136 valence electrons. The summed E-state index contributed by atoms with van der Waals surface area (Å²) in [5.41, 5.74) is 7.18. The van der Waals surface area contributed by atoms with E-state index in [4.69, 9.17) is 0 Å². The summed E-state index contributed by atoms with van der Waals surface area (Å²) in [5.74, 6) is 1.59. The Balaban J connectivity index is 0.00000113. The molecule has 4 rings (SSSR count). The van der Waals surface area contributed by atoms with Crippen LogP contribution < -0.4 is 24.8 Å². The van der Waals surface area contributed by atoms with Crippen LogP contribution in [-0.4, -0.2) is 0 Å². The number of hydrogen-bond donors (Lipinski definition) is 0. The second-order valence-electron chi connectivity index (χ2n) is 7.99. The van der Waals surface area contributed by atoms with E-state index in [0.29, 0.717) is 0 Å². The largest absolute Gasteiger partial charge is 1.00 e. The first kappa shape index (κ1) is 21.7. The van der Waals surface area contributed by atoms with Gasteiger partial charge in [-0.05, 0) is 0 Å². The van der Waals surface area contributed by atoms with Gasteiger partial charge in [0.2, 0.25) is 0 Å². The Labute approximate surface area is 178 Å². The Kier molecular flexibility index (Phi) is 8.31. The van der Waals surface area contributed by atoms with Crippen molar-refractivity contribution in [3.8, 4) is 0 Å². The summed E-state index contributed by atoms with van der Waals surface area (Å²) < 4.78 is 3.77. The van der Waals surface area contributed by atoms with Gasteiger partial charge in [-0.25, -0.2) is 0 Å². The molecule has 0 N–H and O–H groups in total. The van der Waals surface area contributed by atoms with Crippen LogP contribution in [0.25, 0.3) is 0 Å². The number of halogens is 2. The smallest absolute Gasteiger partial charge is 1.00 e. The molecular weight excluding hydrogens is 426 g/mol. The van der Waals surface area contributed by atoms with Gasteiger partial charge in [-0.15, -0.1) is 0 Å². The van der Waals surface area contributed by atoms with Gasteiger partial charge in [-0.1, -0.05) is 0 Å². The van der Waals surface area contributed by atoms with E-state index in [9.17, 15) is 0 Å². The van der Waals surface area contributed by atoms with Crippen LogP contribution in [0.4, 0.5) is 0 Å². The molecular formula is C22H30Cl2Zr. The predicted molar refractivity (Wildman–Crippen MR) is 94.7 cm³/mol. The minimum Gasteiger partial charge on any atom is -1.00 e. The molecule has 0 aromatic rings. The van der Waals surface area contributed by atoms with Crippen LogP contribution in [0.15, 0.2) is 41.0 Å². The standard InChI is InChI=1S/2C11H15.2ClH.Zr/c2*1-9-7-8-10-5-3-2-4-6-11(9)10;;;/h2*8-9H,2-6H2,1H3;2*1H;/q;;;;+2/p-2. The molecule has 0 nitrogen and oxygen atoms in total. The molecule has 0 heterocycles. The normalized spacial score (nSPS) is 28.6. The quantitative estimate of drug-likeness (QED) is 0.573. The fourth-order valence-corrected chi connectivity index (χ4v) is 8.98. The van der Waals surface area contributed by atoms with Crippen LogP contribution in [0.1, 0.15) is 78.1 Å². The molecule has 0 aromatic carbocycles. The summed E-state index contributed by atoms with van der Waals surface area (Å²) in [5, 5.41) is 0. The van der Waals surface area contributed by atoms with Crippen molar-refractivity contribution >= 4 is 0 Å². The molecule has 0 spiro atoms. The van der Waals surface area contributed by atoms with Crippen LogP contribution in [0.5, 0.6) is 0 Å². The zero-order chi connectivity index (χ0) is 15.8. The number of hydrogen-bond acceptors (Lipinski definition) is 0. The molecule has 0 aromatic heterocycles. The van der Waals surface area contributed by atoms with Gasteiger partial charge in [0, 0.05) is 0 Å². The van der Waals surface area contributed by atoms with E-state index in [-0.39, 0.29) is 24.8 Å². The average Bonchev–Trinajstić information content (AvgIpc) is 2.84. The topological polar surface area (TPSA) is 0 Å². The van der Waals surface area contributed by atoms with E-state index in [2.05, 4.69) is 26.0 Å². The number of allylic oxidation sites excluding steroid dienone is 8. The van der Waals surface area contributed by atoms with E-state index >= 15 is 0 Å². The molecule has 25 heavy (non-hydrogen) atoms. The first-order valence-corrected chi connectivity index (χ1v) is 12.3. The van der Waals surface area contributed by atoms with Crippen LogP contribution in [0, 0.1) is 11.8 Å². The molecule has 0 saturated carbocycles. The van der Waals surface area contributed by atoms with Gasteiger partial charge in [-0.2, -0.15) is 0 Å². The van der Waals surface area contributed by atoms with Crippen molar-refractivity contribution in [2.45, 2.75) is 78.1 Å². The molecule has 2 unspecified atom stereocenters. The predicted octanol–water partition coefficient (Wildman–Crippen LogP) is 0.666. The van der Waals surface area contributed by atoms with E-state index < -0.39 is 23.2 Å². The van der Waals surface area contributed by atoms with Gasteiger partial charge < -0.3 is 24.8 Å². The van der Waals surface area contributed by atoms with Crippen LogP contribution in [-0.2, 0) is 23.2 Å². The summed E-state index contributed by atoms with van der Waals surface area (Å²) in [4.78, 5) is 0. The molecule has 0 radical (unpaired) electrons. The fourth-order valence-electron chi connectivity index (χ4n) is 5.03. The molecule has 0 aliphatic heterocycles. The van der Waals surface area contributed by atoms with Gasteiger partial charge >= 0.3 is 154 Å². The van der Waals surface area contributed by atoms with Crippen molar-refractivity contribution in [1.82, 2.24) is 0 Å². The van der Waals surface area contributed by atoms with Crippen molar-refractivity contribution in [2.75, 3.05) is 0 Å². The molecule has 0 amide bonds. The van der Waals surface area contributed by atoms with Crippen LogP contribution in [0.3, 0.4) is 0 Å². The summed E-state index contributed by atoms with van der Waals surface area (Å²) >= 11 is -0.551. The van der Waals surface area contributed by atoms with E-state index in [0.717, 1.165) is 11.8 Å². The molecule has 0 bridgehead atoms. The third-order valence-electron chi connectivity index (χ3n) is 6.54. The summed E-state index contributed by atoms with van der Waals surface area (Å²) in [6.45, 7) is 5.03. The van der Waals surface area contributed by atoms with Crippen molar-refractivity contribution in [1.29, 1.82) is 0 Å². The van der Waals surface area contributed by atoms with Gasteiger partial charge in [0.1, 0.15) is 0 Å². The van der Waals surface area contributed by atoms with Gasteiger partial charge in [-0.3, -0.25) is 0 Å². The van der Waals surface area contributed by atoms with Crippen molar-refractivity contribution < 1.29 is 48.0 Å². The third-order valence-corrected chi connectivity index (χ3v) is 10.8. The third kappa shape index (κ3) is 4.47. The van der Waals surface area contributed by atoms with Crippen molar-refractivity contribution in [2.24, 2.45) is 11.8 Å². The molecule has 3 heteroatoms. The maximum absolute atomic E-state index is 2.68. The second kappa shape index (κ2) is 9.57. The Hall–Kier alpha value is 0.423. The van der Waals surface area contributed by atoms with Crippen molar-refractivity contribution in [3.05, 3.63) is 41.0 Å². The van der Waals surface area contributed by atoms with E-state index in [1.165, 1.54) is 64.2 Å². The minimum absolute atomic E-state index is 0. The SMILES string of the molecule is CC1[C]([Zr+2][C]2=CC3=C(CCCCC3)C2C)=CC2=C1CCCCC2.[Cl-].[Cl-]. The van der Waals surface area contributed by atoms with Crippen LogP contribution in [0.2, 0.25) is 0 Å². The van der Waals surface area contributed by atoms with Crippen molar-refractivity contribution in [3.63, 3.8) is 0 Å². The Morgan fingerprint density at radius 3 is 1.48 bits per heavy atom. The molecule has 0 fully saturated rings. The Morgan fingerprint density at radius 1 is 0.640 bits per heavy atom. The molecule has 2 atom stereocenters. The summed E-state index contributed by atoms with van der Waals surface area (Å²) in [6, 6.07) is 0. The minimum atomic E-state index is -0.551. The summed E-state index contributed by atoms with van der Waals surface area (Å²) in [6.07, 6.45) is 19.5. The first-order chi connectivity index (χ1) is 11.2. The maximum atomic E-state index is 2.68. The number of rotatable bonds is 2. The Bertz CT molecular complexity index is 570. The molecule has 0 saturated heterocycles. The van der Waals surface area contributed by atoms with Crippen LogP contribution >= 0.6 is 0 Å². The zero-order valence-corrected chi connectivity index (χ0v) is 19.6. The van der Waals surface area contributed by atoms with Gasteiger partial charge in [0.15, 0.2) is 0 Å². The zero-order valence-electron chi connectivity index (χ0n) is 15.6. The van der Waals surface area contributed by atoms with Gasteiger partial charge in [0.25, 0.3) is 0 Å². The fraction of sp³-hybridized carbons (Fsp3) is 0.636. The maximum Gasteiger partial charge on any atom is -1.00 e. The second-order valence-corrected chi connectivity index (χ2v) is 11.4. The van der Waals surface area contributed by atoms with Gasteiger partial charge in [0.05, 0.1) is 0 Å². The molecule has 4 aliphatic rings.